The van der Waals surface area contributed by atoms with E-state index in [1.54, 1.807) is 0 Å². The van der Waals surface area contributed by atoms with Gasteiger partial charge in [-0.05, 0) is 85.0 Å². The molecule has 6 rings (SSSR count). The van der Waals surface area contributed by atoms with E-state index in [0.29, 0.717) is 19.6 Å². The molecular weight excluding hydrogens is 572 g/mol. The van der Waals surface area contributed by atoms with E-state index < -0.39 is 0 Å². The number of anilines is 3. The van der Waals surface area contributed by atoms with E-state index in [1.165, 1.54) is 0 Å². The Balaban J connectivity index is 1.25. The molecule has 2 fully saturated rings. The Labute approximate surface area is 272 Å². The van der Waals surface area contributed by atoms with Gasteiger partial charge in [-0.15, -0.1) is 0 Å². The first kappa shape index (κ1) is 31.3. The molecule has 1 heterocycles. The third-order valence-corrected chi connectivity index (χ3v) is 8.87. The van der Waals surface area contributed by atoms with Gasteiger partial charge in [0.1, 0.15) is 0 Å². The summed E-state index contributed by atoms with van der Waals surface area (Å²) in [6.07, 6.45) is 1.93. The van der Waals surface area contributed by atoms with Gasteiger partial charge in [0.15, 0.2) is 0 Å². The van der Waals surface area contributed by atoms with Gasteiger partial charge in [-0.1, -0.05) is 66.2 Å². The van der Waals surface area contributed by atoms with Gasteiger partial charge in [0.05, 0.1) is 11.4 Å². The highest BCUT2D eigenvalue weighted by molar-refractivity contribution is 6.02. The van der Waals surface area contributed by atoms with E-state index in [9.17, 15) is 9.59 Å². The summed E-state index contributed by atoms with van der Waals surface area (Å²) >= 11 is 0. The van der Waals surface area contributed by atoms with Gasteiger partial charge in [-0.2, -0.15) is 0 Å². The summed E-state index contributed by atoms with van der Waals surface area (Å²) in [7, 11) is 2.14. The molecule has 4 aromatic rings. The van der Waals surface area contributed by atoms with Crippen molar-refractivity contribution >= 4 is 29.0 Å². The summed E-state index contributed by atoms with van der Waals surface area (Å²) in [5, 5.41) is 6.12. The molecule has 0 spiro atoms. The Bertz CT molecular complexity index is 1680. The lowest BCUT2D eigenvalue weighted by molar-refractivity contribution is -0.133. The maximum absolute atomic E-state index is 13.4. The van der Waals surface area contributed by atoms with E-state index >= 15 is 0 Å². The normalized spacial score (nSPS) is 15.0. The molecule has 1 aliphatic heterocycles. The van der Waals surface area contributed by atoms with Crippen LogP contribution in [0.5, 0.6) is 0 Å². The molecular formula is C38H44N6O2. The highest BCUT2D eigenvalue weighted by Crippen LogP contribution is 2.34. The fourth-order valence-electron chi connectivity index (χ4n) is 6.01. The molecule has 0 aromatic heterocycles. The number of amides is 3. The third kappa shape index (κ3) is 7.94. The molecule has 8 heteroatoms. The zero-order valence-electron chi connectivity index (χ0n) is 26.8. The number of piperazine rings is 1. The van der Waals surface area contributed by atoms with Crippen LogP contribution in [0.1, 0.15) is 35.1 Å². The van der Waals surface area contributed by atoms with Crippen molar-refractivity contribution in [1.82, 2.24) is 9.80 Å². The summed E-state index contributed by atoms with van der Waals surface area (Å²) in [5.74, 6) is 0.342. The molecule has 1 saturated heterocycles. The number of urea groups is 1. The lowest BCUT2D eigenvalue weighted by Gasteiger charge is -2.35. The average molecular weight is 617 g/mol. The number of rotatable bonds is 10. The quantitative estimate of drug-likeness (QED) is 0.190. The van der Waals surface area contributed by atoms with E-state index in [0.717, 1.165) is 89.5 Å². The number of hydrogen-bond acceptors (Lipinski definition) is 5. The number of nitrogens with zero attached hydrogens (tertiary/aromatic N) is 3. The second-order valence-electron chi connectivity index (χ2n) is 12.7. The van der Waals surface area contributed by atoms with Crippen LogP contribution in [0, 0.1) is 12.8 Å². The highest BCUT2D eigenvalue weighted by Gasteiger charge is 2.33. The molecule has 4 aromatic carbocycles. The van der Waals surface area contributed by atoms with E-state index in [1.807, 2.05) is 54.3 Å². The maximum Gasteiger partial charge on any atom is 0.323 e. The molecule has 0 bridgehead atoms. The molecule has 0 radical (unpaired) electrons. The smallest absolute Gasteiger partial charge is 0.323 e. The Morgan fingerprint density at radius 1 is 0.783 bits per heavy atom. The van der Waals surface area contributed by atoms with Crippen molar-refractivity contribution in [2.45, 2.75) is 39.4 Å². The van der Waals surface area contributed by atoms with E-state index in [2.05, 4.69) is 76.0 Å². The molecule has 0 unspecified atom stereocenters. The Morgan fingerprint density at radius 3 is 2.13 bits per heavy atom. The minimum Gasteiger partial charge on any atom is -0.367 e. The van der Waals surface area contributed by atoms with E-state index in [4.69, 9.17) is 5.73 Å². The van der Waals surface area contributed by atoms with Crippen LogP contribution in [0.25, 0.3) is 11.1 Å². The predicted molar refractivity (Wildman–Crippen MR) is 187 cm³/mol. The molecule has 238 valence electrons. The van der Waals surface area contributed by atoms with E-state index in [-0.39, 0.29) is 17.9 Å². The molecule has 0 atom stereocenters. The minimum absolute atomic E-state index is 0.127. The van der Waals surface area contributed by atoms with Crippen molar-refractivity contribution in [3.63, 3.8) is 0 Å². The largest absolute Gasteiger partial charge is 0.367 e. The summed E-state index contributed by atoms with van der Waals surface area (Å²) in [5.41, 5.74) is 14.8. The monoisotopic (exact) mass is 616 g/mol. The summed E-state index contributed by atoms with van der Waals surface area (Å²) in [6, 6.07) is 30.4. The van der Waals surface area contributed by atoms with Crippen LogP contribution in [-0.4, -0.2) is 55.0 Å². The number of carbonyl (C=O) groups excluding carboxylic acids is 2. The number of nitrogens with one attached hydrogen (secondary N) is 2. The Kier molecular flexibility index (Phi) is 9.66. The predicted octanol–water partition coefficient (Wildman–Crippen LogP) is 6.46. The van der Waals surface area contributed by atoms with Gasteiger partial charge >= 0.3 is 6.03 Å². The Morgan fingerprint density at radius 2 is 1.43 bits per heavy atom. The van der Waals surface area contributed by atoms with Crippen molar-refractivity contribution in [3.8, 4) is 11.1 Å². The Hall–Kier alpha value is -4.66. The average Bonchev–Trinajstić information content (AvgIpc) is 3.92. The van der Waals surface area contributed by atoms with Crippen LogP contribution < -0.4 is 21.3 Å². The molecule has 1 saturated carbocycles. The molecule has 4 N–H and O–H groups in total. The first-order chi connectivity index (χ1) is 22.3. The summed E-state index contributed by atoms with van der Waals surface area (Å²) in [4.78, 5) is 33.2. The number of carbonyl (C=O) groups is 2. The maximum atomic E-state index is 13.4. The lowest BCUT2D eigenvalue weighted by Crippen LogP contribution is -2.44. The molecule has 2 aliphatic rings. The number of hydrogen-bond donors (Lipinski definition) is 3. The van der Waals surface area contributed by atoms with Crippen molar-refractivity contribution in [2.75, 3.05) is 48.8 Å². The topological polar surface area (TPSA) is 93.9 Å². The molecule has 1 aliphatic carbocycles. The second kappa shape index (κ2) is 14.2. The third-order valence-electron chi connectivity index (χ3n) is 8.87. The zero-order valence-corrected chi connectivity index (χ0v) is 26.8. The van der Waals surface area contributed by atoms with Gasteiger partial charge in [-0.25, -0.2) is 4.79 Å². The van der Waals surface area contributed by atoms with Crippen molar-refractivity contribution < 1.29 is 9.59 Å². The number of aryl methyl sites for hydroxylation is 1. The lowest BCUT2D eigenvalue weighted by atomic mass is 10.0. The van der Waals surface area contributed by atoms with Gasteiger partial charge in [0.2, 0.25) is 5.91 Å². The first-order valence-electron chi connectivity index (χ1n) is 16.2. The molecule has 46 heavy (non-hydrogen) atoms. The number of likely N-dealkylation sites (N-methyl/N-ethyl adjacent to an activating group) is 1. The zero-order chi connectivity index (χ0) is 32.0. The van der Waals surface area contributed by atoms with Crippen molar-refractivity contribution in [1.29, 1.82) is 0 Å². The number of nitrogens with two attached hydrogens (primary N) is 1. The summed E-state index contributed by atoms with van der Waals surface area (Å²) < 4.78 is 0. The SMILES string of the molecule is Cc1ccc(NC(=O)Nc2cc(-c3cccc(CN(Cc4cccc(CN)c4)C(=O)C4CC4)c3)ccc2N2CCN(C)CC2)cc1. The minimum atomic E-state index is -0.280. The van der Waals surface area contributed by atoms with Crippen LogP contribution in [-0.2, 0) is 24.4 Å². The van der Waals surface area contributed by atoms with Gasteiger partial charge in [0.25, 0.3) is 0 Å². The highest BCUT2D eigenvalue weighted by atomic mass is 16.2. The standard InChI is InChI=1S/C38H44N6O2/c1-27-9-14-34(15-10-27)40-38(46)41-35-23-33(13-16-36(35)43-19-17-42(2)18-20-43)32-8-4-7-30(22-32)26-44(37(45)31-11-12-31)25-29-6-3-5-28(21-29)24-39/h3-10,13-16,21-23,31H,11-12,17-20,24-26,39H2,1-2H3,(H2,40,41,46). The van der Waals surface area contributed by atoms with Gasteiger partial charge in [0, 0.05) is 57.4 Å². The molecule has 8 nitrogen and oxygen atoms in total. The van der Waals surface area contributed by atoms with Crippen molar-refractivity contribution in [2.24, 2.45) is 11.7 Å². The van der Waals surface area contributed by atoms with Gasteiger partial charge < -0.3 is 31.1 Å². The van der Waals surface area contributed by atoms with Crippen molar-refractivity contribution in [3.05, 3.63) is 113 Å². The van der Waals surface area contributed by atoms with Gasteiger partial charge in [-0.3, -0.25) is 4.79 Å². The fourth-order valence-corrected chi connectivity index (χ4v) is 6.01. The van der Waals surface area contributed by atoms with Crippen LogP contribution in [0.3, 0.4) is 0 Å². The van der Waals surface area contributed by atoms with Crippen LogP contribution >= 0.6 is 0 Å². The number of benzene rings is 4. The van der Waals surface area contributed by atoms with Crippen LogP contribution in [0.2, 0.25) is 0 Å². The second-order valence-corrected chi connectivity index (χ2v) is 12.7. The van der Waals surface area contributed by atoms with Crippen LogP contribution in [0.15, 0.2) is 91.0 Å². The fraction of sp³-hybridized carbons (Fsp3) is 0.316. The molecule has 3 amide bonds. The summed E-state index contributed by atoms with van der Waals surface area (Å²) in [6.45, 7) is 7.28. The first-order valence-corrected chi connectivity index (χ1v) is 16.2. The van der Waals surface area contributed by atoms with Crippen LogP contribution in [0.4, 0.5) is 21.9 Å².